The van der Waals surface area contributed by atoms with Gasteiger partial charge in [-0.15, -0.1) is 0 Å². The lowest BCUT2D eigenvalue weighted by atomic mass is 9.67. The minimum Gasteiger partial charge on any atom is -0.480 e. The molecule has 0 spiro atoms. The lowest BCUT2D eigenvalue weighted by Crippen LogP contribution is -2.45. The molecule has 5 heteroatoms. The van der Waals surface area contributed by atoms with E-state index in [1.165, 1.54) is 0 Å². The summed E-state index contributed by atoms with van der Waals surface area (Å²) in [5.74, 6) is -1.40. The molecular weight excluding hydrogens is 502 g/mol. The van der Waals surface area contributed by atoms with E-state index in [4.69, 9.17) is 0 Å². The second-order valence-corrected chi connectivity index (χ2v) is 9.39. The highest BCUT2D eigenvalue weighted by molar-refractivity contribution is 9.10. The molecule has 0 aliphatic carbocycles. The summed E-state index contributed by atoms with van der Waals surface area (Å²) in [7, 11) is 0. The van der Waals surface area contributed by atoms with Crippen LogP contribution in [0.15, 0.2) is 120 Å². The van der Waals surface area contributed by atoms with E-state index in [2.05, 4.69) is 21.2 Å². The molecule has 0 saturated heterocycles. The van der Waals surface area contributed by atoms with Crippen molar-refractivity contribution < 1.29 is 14.7 Å². The largest absolute Gasteiger partial charge is 0.480 e. The first-order chi connectivity index (χ1) is 17.0. The molecule has 0 radical (unpaired) electrons. The van der Waals surface area contributed by atoms with Crippen molar-refractivity contribution in [2.24, 2.45) is 0 Å². The van der Waals surface area contributed by atoms with Crippen molar-refractivity contribution in [1.82, 2.24) is 5.32 Å². The molecule has 0 aliphatic heterocycles. The molecule has 0 fully saturated rings. The van der Waals surface area contributed by atoms with Crippen LogP contribution in [0.3, 0.4) is 0 Å². The fourth-order valence-electron chi connectivity index (χ4n) is 4.56. The number of amides is 1. The second-order valence-electron chi connectivity index (χ2n) is 8.47. The van der Waals surface area contributed by atoms with Crippen LogP contribution in [-0.2, 0) is 21.4 Å². The fraction of sp³-hybridized carbons (Fsp3) is 0.133. The van der Waals surface area contributed by atoms with Gasteiger partial charge in [-0.1, -0.05) is 119 Å². The van der Waals surface area contributed by atoms with E-state index in [1.807, 2.05) is 115 Å². The van der Waals surface area contributed by atoms with Gasteiger partial charge in [0.05, 0.1) is 5.41 Å². The zero-order valence-electron chi connectivity index (χ0n) is 19.1. The van der Waals surface area contributed by atoms with Crippen molar-refractivity contribution in [3.8, 4) is 0 Å². The smallest absolute Gasteiger partial charge is 0.326 e. The maximum atomic E-state index is 13.6. The molecule has 0 aliphatic rings. The van der Waals surface area contributed by atoms with Crippen molar-refractivity contribution in [3.63, 3.8) is 0 Å². The highest BCUT2D eigenvalue weighted by Gasteiger charge is 2.39. The highest BCUT2D eigenvalue weighted by atomic mass is 79.9. The lowest BCUT2D eigenvalue weighted by molar-refractivity contribution is -0.141. The van der Waals surface area contributed by atoms with Gasteiger partial charge in [0.15, 0.2) is 0 Å². The third-order valence-corrected chi connectivity index (χ3v) is 6.68. The number of aliphatic carboxylic acids is 1. The molecule has 4 aromatic carbocycles. The van der Waals surface area contributed by atoms with Crippen LogP contribution in [0, 0.1) is 0 Å². The summed E-state index contributed by atoms with van der Waals surface area (Å²) in [6.07, 6.45) is 0.253. The summed E-state index contributed by atoms with van der Waals surface area (Å²) in [6.45, 7) is 0. The predicted octanol–water partition coefficient (Wildman–Crippen LogP) is 5.99. The Labute approximate surface area is 213 Å². The van der Waals surface area contributed by atoms with Crippen molar-refractivity contribution >= 4 is 27.8 Å². The predicted molar refractivity (Wildman–Crippen MR) is 141 cm³/mol. The number of carboxylic acids is 1. The Hall–Kier alpha value is -3.70. The van der Waals surface area contributed by atoms with E-state index in [0.717, 1.165) is 26.7 Å². The molecule has 0 unspecified atom stereocenters. The third kappa shape index (κ3) is 5.69. The number of benzene rings is 4. The van der Waals surface area contributed by atoms with Crippen LogP contribution in [0.5, 0.6) is 0 Å². The number of hydrogen-bond donors (Lipinski definition) is 2. The summed E-state index contributed by atoms with van der Waals surface area (Å²) >= 11 is 3.42. The summed E-state index contributed by atoms with van der Waals surface area (Å²) in [4.78, 5) is 25.6. The van der Waals surface area contributed by atoms with Gasteiger partial charge >= 0.3 is 5.97 Å². The Kier molecular flexibility index (Phi) is 7.78. The molecule has 4 nitrogen and oxygen atoms in total. The van der Waals surface area contributed by atoms with Gasteiger partial charge in [-0.2, -0.15) is 0 Å². The average Bonchev–Trinajstić information content (AvgIpc) is 2.88. The van der Waals surface area contributed by atoms with E-state index in [1.54, 1.807) is 0 Å². The van der Waals surface area contributed by atoms with Crippen LogP contribution < -0.4 is 5.32 Å². The first-order valence-electron chi connectivity index (χ1n) is 11.4. The van der Waals surface area contributed by atoms with Crippen molar-refractivity contribution in [1.29, 1.82) is 0 Å². The number of hydrogen-bond acceptors (Lipinski definition) is 2. The van der Waals surface area contributed by atoms with Gasteiger partial charge in [0.25, 0.3) is 0 Å². The molecular formula is C30H26BrNO3. The molecule has 35 heavy (non-hydrogen) atoms. The summed E-state index contributed by atoms with van der Waals surface area (Å²) < 4.78 is 0.863. The zero-order valence-corrected chi connectivity index (χ0v) is 20.7. The maximum Gasteiger partial charge on any atom is 0.326 e. The topological polar surface area (TPSA) is 66.4 Å². The summed E-state index contributed by atoms with van der Waals surface area (Å²) in [5, 5.41) is 12.7. The molecule has 1 amide bonds. The number of carboxylic acid groups (broad SMARTS) is 1. The third-order valence-electron chi connectivity index (χ3n) is 6.19. The molecule has 0 aromatic heterocycles. The molecule has 0 bridgehead atoms. The molecule has 176 valence electrons. The van der Waals surface area contributed by atoms with Crippen LogP contribution >= 0.6 is 15.9 Å². The Bertz CT molecular complexity index is 1180. The standard InChI is InChI=1S/C30H26BrNO3/c31-26-18-10-11-22(19-26)20-27(29(34)35)32-28(33)21-30(23-12-4-1-5-13-23,24-14-6-2-7-15-24)25-16-8-3-9-17-25/h1-19,27H,20-21H2,(H,32,33)(H,34,35)/t27-/m0/s1. The first kappa shape index (κ1) is 24.4. The lowest BCUT2D eigenvalue weighted by Gasteiger charge is -2.36. The van der Waals surface area contributed by atoms with Crippen molar-refractivity contribution in [2.45, 2.75) is 24.3 Å². The number of halogens is 1. The molecule has 4 rings (SSSR count). The van der Waals surface area contributed by atoms with E-state index in [9.17, 15) is 14.7 Å². The minimum atomic E-state index is -1.07. The van der Waals surface area contributed by atoms with Crippen molar-refractivity contribution in [3.05, 3.63) is 142 Å². The Morgan fingerprint density at radius 1 is 0.743 bits per heavy atom. The van der Waals surface area contributed by atoms with Gasteiger partial charge in [0.1, 0.15) is 6.04 Å². The Morgan fingerprint density at radius 3 is 1.66 bits per heavy atom. The first-order valence-corrected chi connectivity index (χ1v) is 12.2. The van der Waals surface area contributed by atoms with Crippen LogP contribution in [0.1, 0.15) is 28.7 Å². The molecule has 1 atom stereocenters. The van der Waals surface area contributed by atoms with E-state index >= 15 is 0 Å². The van der Waals surface area contributed by atoms with Crippen LogP contribution in [0.25, 0.3) is 0 Å². The second kappa shape index (κ2) is 11.2. The average molecular weight is 528 g/mol. The highest BCUT2D eigenvalue weighted by Crippen LogP contribution is 2.42. The fourth-order valence-corrected chi connectivity index (χ4v) is 5.01. The maximum absolute atomic E-state index is 13.6. The van der Waals surface area contributed by atoms with Crippen LogP contribution in [0.4, 0.5) is 0 Å². The van der Waals surface area contributed by atoms with E-state index < -0.39 is 17.4 Å². The van der Waals surface area contributed by atoms with Gasteiger partial charge in [0, 0.05) is 17.3 Å². The van der Waals surface area contributed by atoms with Crippen LogP contribution in [-0.4, -0.2) is 23.0 Å². The van der Waals surface area contributed by atoms with Crippen LogP contribution in [0.2, 0.25) is 0 Å². The Balaban J connectivity index is 1.73. The Morgan fingerprint density at radius 2 is 1.23 bits per heavy atom. The number of carbonyl (C=O) groups excluding carboxylic acids is 1. The minimum absolute atomic E-state index is 0.0628. The van der Waals surface area contributed by atoms with Gasteiger partial charge < -0.3 is 10.4 Å². The van der Waals surface area contributed by atoms with Gasteiger partial charge in [-0.3, -0.25) is 4.79 Å². The molecule has 2 N–H and O–H groups in total. The molecule has 0 saturated carbocycles. The van der Waals surface area contributed by atoms with Gasteiger partial charge in [-0.05, 0) is 34.4 Å². The monoisotopic (exact) mass is 527 g/mol. The van der Waals surface area contributed by atoms with E-state index in [-0.39, 0.29) is 18.7 Å². The normalized spacial score (nSPS) is 12.0. The number of carbonyl (C=O) groups is 2. The SMILES string of the molecule is O=C(CC(c1ccccc1)(c1ccccc1)c1ccccc1)N[C@@H](Cc1cccc(Br)c1)C(=O)O. The van der Waals surface area contributed by atoms with Crippen molar-refractivity contribution in [2.75, 3.05) is 0 Å². The summed E-state index contributed by atoms with van der Waals surface area (Å²) in [5.41, 5.74) is 2.93. The number of rotatable bonds is 9. The number of nitrogens with one attached hydrogen (secondary N) is 1. The van der Waals surface area contributed by atoms with Gasteiger partial charge in [-0.25, -0.2) is 4.79 Å². The zero-order chi connectivity index (χ0) is 24.7. The van der Waals surface area contributed by atoms with Gasteiger partial charge in [0.2, 0.25) is 5.91 Å². The molecule has 0 heterocycles. The quantitative estimate of drug-likeness (QED) is 0.263. The summed E-state index contributed by atoms with van der Waals surface area (Å²) in [6, 6.07) is 36.1. The molecule has 4 aromatic rings. The van der Waals surface area contributed by atoms with E-state index in [0.29, 0.717) is 0 Å².